The molecule has 1 aromatic rings. The molecule has 1 amide bonds. The highest BCUT2D eigenvalue weighted by atomic mass is 32.2. The number of carbonyl (C=O) groups is 1. The van der Waals surface area contributed by atoms with Crippen LogP contribution in [0.2, 0.25) is 0 Å². The van der Waals surface area contributed by atoms with E-state index in [9.17, 15) is 26.4 Å². The third-order valence-electron chi connectivity index (χ3n) is 2.49. The van der Waals surface area contributed by atoms with E-state index in [0.29, 0.717) is 6.07 Å². The minimum absolute atomic E-state index is 0.0173. The van der Waals surface area contributed by atoms with Gasteiger partial charge in [0.1, 0.15) is 0 Å². The highest BCUT2D eigenvalue weighted by Crippen LogP contribution is 2.38. The first-order valence-corrected chi connectivity index (χ1v) is 7.64. The Morgan fingerprint density at radius 3 is 2.41 bits per heavy atom. The fraction of sp³-hybridized carbons (Fsp3) is 0.250. The summed E-state index contributed by atoms with van der Waals surface area (Å²) in [4.78, 5) is 10.4. The molecule has 0 saturated carbocycles. The average molecular weight is 338 g/mol. The Morgan fingerprint density at radius 1 is 1.41 bits per heavy atom. The van der Waals surface area contributed by atoms with E-state index < -0.39 is 33.5 Å². The molecule has 0 aliphatic heterocycles. The Bertz CT molecular complexity index is 699. The first-order chi connectivity index (χ1) is 9.94. The number of sulfonamides is 1. The maximum absolute atomic E-state index is 13.1. The molecular formula is C12H13F3N2O4S. The van der Waals surface area contributed by atoms with E-state index in [-0.39, 0.29) is 17.7 Å². The van der Waals surface area contributed by atoms with Crippen LogP contribution in [0, 0.1) is 0 Å². The van der Waals surface area contributed by atoms with Gasteiger partial charge in [-0.2, -0.15) is 13.2 Å². The van der Waals surface area contributed by atoms with Crippen molar-refractivity contribution >= 4 is 27.9 Å². The van der Waals surface area contributed by atoms with Gasteiger partial charge in [-0.3, -0.25) is 4.72 Å². The van der Waals surface area contributed by atoms with Gasteiger partial charge in [-0.15, -0.1) is 0 Å². The Labute approximate surface area is 124 Å². The van der Waals surface area contributed by atoms with Crippen molar-refractivity contribution in [2.24, 2.45) is 0 Å². The van der Waals surface area contributed by atoms with E-state index in [4.69, 9.17) is 5.11 Å². The molecular weight excluding hydrogens is 325 g/mol. The smallest absolute Gasteiger partial charge is 0.418 e. The van der Waals surface area contributed by atoms with E-state index in [1.165, 1.54) is 6.07 Å². The molecule has 1 aromatic carbocycles. The third-order valence-corrected chi connectivity index (χ3v) is 3.06. The van der Waals surface area contributed by atoms with Gasteiger partial charge in [0, 0.05) is 6.54 Å². The normalized spacial score (nSPS) is 11.8. The molecule has 122 valence electrons. The molecule has 0 unspecified atom stereocenters. The first-order valence-electron chi connectivity index (χ1n) is 5.75. The summed E-state index contributed by atoms with van der Waals surface area (Å²) in [5.74, 6) is 0. The monoisotopic (exact) mass is 338 g/mol. The molecule has 0 aliphatic carbocycles. The summed E-state index contributed by atoms with van der Waals surface area (Å²) in [6.07, 6.45) is -4.45. The predicted octanol–water partition coefficient (Wildman–Crippen LogP) is 2.49. The topological polar surface area (TPSA) is 95.5 Å². The molecule has 0 aliphatic rings. The standard InChI is InChI=1S/C12H13F3N2O4S/c1-3-8-4-7(6-16-11(18)19)5-9(12(13,14)15)10(8)17-22(2,20)21/h3-5,16-17H,1,6H2,2H3,(H,18,19). The lowest BCUT2D eigenvalue weighted by Crippen LogP contribution is -2.21. The molecule has 0 bridgehead atoms. The van der Waals surface area contributed by atoms with Gasteiger partial charge in [0.15, 0.2) is 0 Å². The van der Waals surface area contributed by atoms with Crippen LogP contribution in [0.15, 0.2) is 18.7 Å². The maximum Gasteiger partial charge on any atom is 0.418 e. The summed E-state index contributed by atoms with van der Waals surface area (Å²) in [5, 5.41) is 10.4. The highest BCUT2D eigenvalue weighted by Gasteiger charge is 2.35. The summed E-state index contributed by atoms with van der Waals surface area (Å²) in [5.41, 5.74) is -1.97. The summed E-state index contributed by atoms with van der Waals surface area (Å²) in [7, 11) is -3.94. The van der Waals surface area contributed by atoms with Gasteiger partial charge in [0.25, 0.3) is 0 Å². The molecule has 0 atom stereocenters. The number of amides is 1. The highest BCUT2D eigenvalue weighted by molar-refractivity contribution is 7.92. The lowest BCUT2D eigenvalue weighted by atomic mass is 10.0. The zero-order chi connectivity index (χ0) is 17.1. The lowest BCUT2D eigenvalue weighted by Gasteiger charge is -2.18. The van der Waals surface area contributed by atoms with Crippen LogP contribution in [0.25, 0.3) is 6.08 Å². The van der Waals surface area contributed by atoms with E-state index >= 15 is 0 Å². The quantitative estimate of drug-likeness (QED) is 0.768. The Hall–Kier alpha value is -2.23. The molecule has 0 fully saturated rings. The van der Waals surface area contributed by atoms with Crippen LogP contribution in [0.3, 0.4) is 0 Å². The molecule has 3 N–H and O–H groups in total. The number of halogens is 3. The van der Waals surface area contributed by atoms with Gasteiger partial charge >= 0.3 is 12.3 Å². The molecule has 0 radical (unpaired) electrons. The van der Waals surface area contributed by atoms with Crippen LogP contribution in [0.1, 0.15) is 16.7 Å². The van der Waals surface area contributed by atoms with Gasteiger partial charge in [-0.05, 0) is 23.3 Å². The number of hydrogen-bond donors (Lipinski definition) is 3. The molecule has 10 heteroatoms. The van der Waals surface area contributed by atoms with Crippen LogP contribution in [0.4, 0.5) is 23.7 Å². The molecule has 0 spiro atoms. The summed E-state index contributed by atoms with van der Waals surface area (Å²) in [6.45, 7) is 2.98. The Kier molecular flexibility index (Phi) is 5.07. The zero-order valence-electron chi connectivity index (χ0n) is 11.4. The lowest BCUT2D eigenvalue weighted by molar-refractivity contribution is -0.136. The number of hydrogen-bond acceptors (Lipinski definition) is 3. The Balaban J connectivity index is 3.47. The van der Waals surface area contributed by atoms with Crippen LogP contribution < -0.4 is 10.0 Å². The van der Waals surface area contributed by atoms with Crippen molar-refractivity contribution in [1.29, 1.82) is 0 Å². The predicted molar refractivity (Wildman–Crippen MR) is 74.9 cm³/mol. The summed E-state index contributed by atoms with van der Waals surface area (Å²) >= 11 is 0. The molecule has 1 rings (SSSR count). The van der Waals surface area contributed by atoms with Crippen molar-refractivity contribution in [3.05, 3.63) is 35.4 Å². The Morgan fingerprint density at radius 2 is 2.00 bits per heavy atom. The fourth-order valence-corrected chi connectivity index (χ4v) is 2.29. The van der Waals surface area contributed by atoms with Gasteiger partial charge in [-0.1, -0.05) is 12.7 Å². The molecule has 22 heavy (non-hydrogen) atoms. The van der Waals surface area contributed by atoms with E-state index in [2.05, 4.69) is 6.58 Å². The van der Waals surface area contributed by atoms with Crippen molar-refractivity contribution < 1.29 is 31.5 Å². The SMILES string of the molecule is C=Cc1cc(CNC(=O)O)cc(C(F)(F)F)c1NS(C)(=O)=O. The molecule has 0 saturated heterocycles. The first kappa shape index (κ1) is 17.8. The number of alkyl halides is 3. The summed E-state index contributed by atoms with van der Waals surface area (Å²) < 4.78 is 63.6. The second-order valence-corrected chi connectivity index (χ2v) is 6.09. The van der Waals surface area contributed by atoms with Crippen molar-refractivity contribution in [3.8, 4) is 0 Å². The van der Waals surface area contributed by atoms with Gasteiger partial charge < -0.3 is 10.4 Å². The van der Waals surface area contributed by atoms with Gasteiger partial charge in [0.05, 0.1) is 17.5 Å². The van der Waals surface area contributed by atoms with Crippen molar-refractivity contribution in [2.45, 2.75) is 12.7 Å². The van der Waals surface area contributed by atoms with Gasteiger partial charge in [-0.25, -0.2) is 13.2 Å². The number of benzene rings is 1. The average Bonchev–Trinajstić information content (AvgIpc) is 2.33. The third kappa shape index (κ3) is 4.95. The van der Waals surface area contributed by atoms with Crippen molar-refractivity contribution in [1.82, 2.24) is 5.32 Å². The van der Waals surface area contributed by atoms with E-state index in [1.54, 1.807) is 0 Å². The fourth-order valence-electron chi connectivity index (χ4n) is 1.69. The van der Waals surface area contributed by atoms with Crippen molar-refractivity contribution in [3.63, 3.8) is 0 Å². The zero-order valence-corrected chi connectivity index (χ0v) is 12.2. The molecule has 6 nitrogen and oxygen atoms in total. The number of rotatable bonds is 5. The molecule has 0 heterocycles. The van der Waals surface area contributed by atoms with Gasteiger partial charge in [0.2, 0.25) is 10.0 Å². The number of nitrogens with one attached hydrogen (secondary N) is 2. The number of carboxylic acid groups (broad SMARTS) is 1. The van der Waals surface area contributed by atoms with E-state index in [0.717, 1.165) is 12.3 Å². The number of anilines is 1. The largest absolute Gasteiger partial charge is 0.465 e. The minimum Gasteiger partial charge on any atom is -0.465 e. The maximum atomic E-state index is 13.1. The van der Waals surface area contributed by atoms with Crippen LogP contribution >= 0.6 is 0 Å². The van der Waals surface area contributed by atoms with Crippen molar-refractivity contribution in [2.75, 3.05) is 11.0 Å². The molecule has 0 aromatic heterocycles. The van der Waals surface area contributed by atoms with E-state index in [1.807, 2.05) is 10.0 Å². The minimum atomic E-state index is -4.83. The second-order valence-electron chi connectivity index (χ2n) is 4.34. The van der Waals surface area contributed by atoms with Crippen LogP contribution in [-0.4, -0.2) is 25.9 Å². The second kappa shape index (κ2) is 6.26. The summed E-state index contributed by atoms with van der Waals surface area (Å²) in [6, 6.07) is 1.89. The van der Waals surface area contributed by atoms with Crippen LogP contribution in [0.5, 0.6) is 0 Å². The van der Waals surface area contributed by atoms with Crippen LogP contribution in [-0.2, 0) is 22.7 Å².